The first-order valence-electron chi connectivity index (χ1n) is 2.66. The van der Waals surface area contributed by atoms with Gasteiger partial charge < -0.3 is 15.6 Å². The number of aromatic amines is 2. The van der Waals surface area contributed by atoms with Crippen LogP contribution in [0, 0.1) is 0 Å². The Hall–Kier alpha value is -1.89. The molecular formula is C5H6N2O5. The minimum Gasteiger partial charge on any atom is -0.477 e. The molecule has 0 aliphatic heterocycles. The number of aromatic nitrogens is 2. The molecule has 7 nitrogen and oxygen atoms in total. The molecule has 0 unspecified atom stereocenters. The van der Waals surface area contributed by atoms with Crippen molar-refractivity contribution in [1.29, 1.82) is 0 Å². The van der Waals surface area contributed by atoms with Crippen molar-refractivity contribution >= 4 is 5.97 Å². The summed E-state index contributed by atoms with van der Waals surface area (Å²) in [6, 6.07) is 0. The standard InChI is InChI=1S/C5H4N2O4.H2O/c8-3-2(4(9)10)1-6-5(11)7-3;/h1H,(H,9,10)(H2,6,7,8,11);1H2/i2+1,3+1,4+1,5+1;. The summed E-state index contributed by atoms with van der Waals surface area (Å²) in [6.07, 6.45) is 0.851. The minimum atomic E-state index is -1.37. The molecule has 0 aromatic carbocycles. The highest BCUT2D eigenvalue weighted by Crippen LogP contribution is 1.81. The molecule has 0 bridgehead atoms. The van der Waals surface area contributed by atoms with E-state index >= 15 is 0 Å². The molecule has 0 saturated heterocycles. The second kappa shape index (κ2) is 3.49. The highest BCUT2D eigenvalue weighted by molar-refractivity contribution is 5.86. The largest absolute Gasteiger partial charge is 0.477 e. The Morgan fingerprint density at radius 1 is 1.42 bits per heavy atom. The molecule has 0 aliphatic carbocycles. The summed E-state index contributed by atoms with van der Waals surface area (Å²) >= 11 is 0. The average molecular weight is 178 g/mol. The lowest BCUT2D eigenvalue weighted by molar-refractivity contribution is 0.0694. The van der Waals surface area contributed by atoms with Gasteiger partial charge >= 0.3 is 11.7 Å². The molecule has 0 aliphatic rings. The van der Waals surface area contributed by atoms with E-state index in [2.05, 4.69) is 0 Å². The van der Waals surface area contributed by atoms with Crippen molar-refractivity contribution in [2.24, 2.45) is 0 Å². The molecule has 0 spiro atoms. The summed E-state index contributed by atoms with van der Waals surface area (Å²) in [5.41, 5.74) is -2.11. The lowest BCUT2D eigenvalue weighted by atomic mass is 11.0. The van der Waals surface area contributed by atoms with E-state index in [0.29, 0.717) is 0 Å². The normalized spacial score (nSPS) is 8.67. The Morgan fingerprint density at radius 2 is 2.00 bits per heavy atom. The van der Waals surface area contributed by atoms with Crippen molar-refractivity contribution in [3.05, 3.63) is 32.6 Å². The Balaban J connectivity index is 0.00000121. The van der Waals surface area contributed by atoms with Gasteiger partial charge in [-0.3, -0.25) is 9.78 Å². The van der Waals surface area contributed by atoms with E-state index in [4.69, 9.17) is 5.11 Å². The molecular weight excluding hydrogens is 172 g/mol. The number of carboxylic acid groups (broad SMARTS) is 1. The lowest BCUT2D eigenvalue weighted by Crippen LogP contribution is -2.26. The van der Waals surface area contributed by atoms with Crippen LogP contribution in [-0.4, -0.2) is 26.5 Å². The summed E-state index contributed by atoms with van der Waals surface area (Å²) < 4.78 is 0. The van der Waals surface area contributed by atoms with Crippen molar-refractivity contribution in [1.82, 2.24) is 9.97 Å². The Labute approximate surface area is 65.0 Å². The van der Waals surface area contributed by atoms with Crippen LogP contribution in [0.4, 0.5) is 0 Å². The van der Waals surface area contributed by atoms with Crippen molar-refractivity contribution in [2.45, 2.75) is 0 Å². The first-order valence-corrected chi connectivity index (χ1v) is 2.66. The predicted molar refractivity (Wildman–Crippen MR) is 38.3 cm³/mol. The van der Waals surface area contributed by atoms with Gasteiger partial charge in [-0.1, -0.05) is 0 Å². The average Bonchev–Trinajstić information content (AvgIpc) is 1.85. The summed E-state index contributed by atoms with van der Waals surface area (Å²) in [4.78, 5) is 35.0. The Bertz CT molecular complexity index is 389. The summed E-state index contributed by atoms with van der Waals surface area (Å²) in [5.74, 6) is -1.37. The fraction of sp³-hybridized carbons (Fsp3) is 0. The van der Waals surface area contributed by atoms with Crippen LogP contribution >= 0.6 is 0 Å². The van der Waals surface area contributed by atoms with E-state index in [1.54, 1.807) is 4.98 Å². The number of carbonyl (C=O) groups is 1. The second-order valence-corrected chi connectivity index (χ2v) is 1.79. The van der Waals surface area contributed by atoms with E-state index in [9.17, 15) is 14.4 Å². The zero-order chi connectivity index (χ0) is 8.43. The van der Waals surface area contributed by atoms with E-state index in [1.165, 1.54) is 0 Å². The van der Waals surface area contributed by atoms with Crippen molar-refractivity contribution in [2.75, 3.05) is 0 Å². The molecule has 12 heavy (non-hydrogen) atoms. The van der Waals surface area contributed by atoms with Crippen molar-refractivity contribution < 1.29 is 15.4 Å². The van der Waals surface area contributed by atoms with Gasteiger partial charge in [0, 0.05) is 6.20 Å². The molecule has 0 fully saturated rings. The zero-order valence-corrected chi connectivity index (χ0v) is 5.75. The van der Waals surface area contributed by atoms with Crippen molar-refractivity contribution in [3.63, 3.8) is 0 Å². The summed E-state index contributed by atoms with van der Waals surface area (Å²) in [6.45, 7) is 0. The van der Waals surface area contributed by atoms with Gasteiger partial charge in [0.1, 0.15) is 5.56 Å². The molecule has 1 aromatic rings. The third kappa shape index (κ3) is 1.80. The molecule has 0 saturated carbocycles. The smallest absolute Gasteiger partial charge is 0.342 e. The third-order valence-corrected chi connectivity index (χ3v) is 1.05. The fourth-order valence-electron chi connectivity index (χ4n) is 0.569. The van der Waals surface area contributed by atoms with Crippen LogP contribution in [0.3, 0.4) is 0 Å². The predicted octanol–water partition coefficient (Wildman–Crippen LogP) is -2.06. The number of hydrogen-bond donors (Lipinski definition) is 3. The number of aromatic carboxylic acids is 1. The van der Waals surface area contributed by atoms with Crippen LogP contribution in [0.2, 0.25) is 0 Å². The van der Waals surface area contributed by atoms with Gasteiger partial charge in [0.2, 0.25) is 0 Å². The lowest BCUT2D eigenvalue weighted by Gasteiger charge is -1.88. The molecule has 5 N–H and O–H groups in total. The van der Waals surface area contributed by atoms with Crippen molar-refractivity contribution in [3.8, 4) is 0 Å². The molecule has 1 heterocycles. The van der Waals surface area contributed by atoms with Gasteiger partial charge in [0.25, 0.3) is 5.56 Å². The van der Waals surface area contributed by atoms with Gasteiger partial charge in [-0.05, 0) is 0 Å². The fourth-order valence-corrected chi connectivity index (χ4v) is 0.569. The molecule has 7 heteroatoms. The van der Waals surface area contributed by atoms with Gasteiger partial charge in [-0.25, -0.2) is 9.59 Å². The number of H-pyrrole nitrogens is 2. The van der Waals surface area contributed by atoms with E-state index in [-0.39, 0.29) is 5.48 Å². The topological polar surface area (TPSA) is 135 Å². The SMILES string of the molecule is O.O=[13C](O)[13c]1c[nH][13c](=O)[nH][13c]1=O. The number of carboxylic acids is 1. The van der Waals surface area contributed by atoms with E-state index < -0.39 is 22.8 Å². The highest BCUT2D eigenvalue weighted by Gasteiger charge is 2.06. The Morgan fingerprint density at radius 3 is 2.42 bits per heavy atom. The van der Waals surface area contributed by atoms with Gasteiger partial charge in [0.15, 0.2) is 0 Å². The summed E-state index contributed by atoms with van der Waals surface area (Å²) in [7, 11) is 0. The van der Waals surface area contributed by atoms with Crippen LogP contribution in [-0.2, 0) is 0 Å². The number of rotatable bonds is 1. The first kappa shape index (κ1) is 10.1. The van der Waals surface area contributed by atoms with Crippen LogP contribution in [0.25, 0.3) is 0 Å². The van der Waals surface area contributed by atoms with Gasteiger partial charge in [0.05, 0.1) is 0 Å². The zero-order valence-electron chi connectivity index (χ0n) is 5.75. The number of nitrogens with one attached hydrogen (secondary N) is 2. The molecule has 0 radical (unpaired) electrons. The van der Waals surface area contributed by atoms with Gasteiger partial charge in [-0.15, -0.1) is 0 Å². The first-order chi connectivity index (χ1) is 5.11. The van der Waals surface area contributed by atoms with Gasteiger partial charge in [-0.2, -0.15) is 0 Å². The third-order valence-electron chi connectivity index (χ3n) is 1.05. The van der Waals surface area contributed by atoms with Crippen LogP contribution in [0.5, 0.6) is 0 Å². The maximum absolute atomic E-state index is 10.6. The maximum Gasteiger partial charge on any atom is 0.342 e. The summed E-state index contributed by atoms with van der Waals surface area (Å²) in [5, 5.41) is 8.31. The maximum atomic E-state index is 10.6. The molecule has 1 aromatic heterocycles. The second-order valence-electron chi connectivity index (χ2n) is 1.79. The number of hydrogen-bond acceptors (Lipinski definition) is 3. The molecule has 0 amide bonds. The monoisotopic (exact) mass is 178 g/mol. The molecule has 1 rings (SSSR count). The van der Waals surface area contributed by atoms with E-state index in [0.717, 1.165) is 6.20 Å². The Kier molecular flexibility index (Phi) is 2.94. The molecule has 0 atom stereocenters. The molecule has 66 valence electrons. The van der Waals surface area contributed by atoms with Crippen LogP contribution in [0.1, 0.15) is 10.4 Å². The quantitative estimate of drug-likeness (QED) is 0.426. The van der Waals surface area contributed by atoms with Crippen LogP contribution < -0.4 is 11.2 Å². The highest BCUT2D eigenvalue weighted by atomic mass is 16.5. The van der Waals surface area contributed by atoms with E-state index in [1.807, 2.05) is 4.98 Å². The minimum absolute atomic E-state index is 0. The van der Waals surface area contributed by atoms with Crippen LogP contribution in [0.15, 0.2) is 15.8 Å².